The molecule has 0 aliphatic carbocycles. The molecular formula is C36H51BO3. The highest BCUT2D eigenvalue weighted by molar-refractivity contribution is 6.39. The molecule has 0 saturated carbocycles. The van der Waals surface area contributed by atoms with Gasteiger partial charge in [-0.2, -0.15) is 0 Å². The third kappa shape index (κ3) is 9.35. The van der Waals surface area contributed by atoms with E-state index in [1.165, 1.54) is 41.5 Å². The maximum absolute atomic E-state index is 6.53. The van der Waals surface area contributed by atoms with Gasteiger partial charge in [0.25, 0.3) is 0 Å². The van der Waals surface area contributed by atoms with E-state index in [-0.39, 0.29) is 16.2 Å². The second-order valence-electron chi connectivity index (χ2n) is 14.1. The first-order valence-electron chi connectivity index (χ1n) is 15.0. The van der Waals surface area contributed by atoms with E-state index in [4.69, 9.17) is 14.0 Å². The van der Waals surface area contributed by atoms with Crippen LogP contribution >= 0.6 is 0 Å². The van der Waals surface area contributed by atoms with Crippen molar-refractivity contribution in [3.8, 4) is 17.2 Å². The zero-order chi connectivity index (χ0) is 29.6. The number of aryl methyl sites for hydroxylation is 1. The van der Waals surface area contributed by atoms with E-state index in [0.29, 0.717) is 11.5 Å². The smallest absolute Gasteiger partial charge is 0.490 e. The average Bonchev–Trinajstić information content (AvgIpc) is 2.86. The van der Waals surface area contributed by atoms with Gasteiger partial charge in [0.15, 0.2) is 0 Å². The van der Waals surface area contributed by atoms with Crippen LogP contribution in [0, 0.1) is 0 Å². The lowest BCUT2D eigenvalue weighted by Crippen LogP contribution is -2.37. The summed E-state index contributed by atoms with van der Waals surface area (Å²) in [5.41, 5.74) is 5.22. The summed E-state index contributed by atoms with van der Waals surface area (Å²) in [4.78, 5) is 0. The van der Waals surface area contributed by atoms with E-state index >= 15 is 0 Å². The molecule has 3 aromatic carbocycles. The molecule has 3 aromatic rings. The molecule has 0 saturated heterocycles. The van der Waals surface area contributed by atoms with E-state index in [2.05, 4.69) is 112 Å². The number of hydrogen-bond donors (Lipinski definition) is 0. The Morgan fingerprint density at radius 1 is 0.525 bits per heavy atom. The van der Waals surface area contributed by atoms with Crippen molar-refractivity contribution in [1.82, 2.24) is 0 Å². The number of unbranched alkanes of at least 4 members (excludes halogenated alkanes) is 3. The first-order valence-corrected chi connectivity index (χ1v) is 15.0. The van der Waals surface area contributed by atoms with Crippen LogP contribution in [0.1, 0.15) is 117 Å². The Bertz CT molecular complexity index is 1130. The van der Waals surface area contributed by atoms with Crippen LogP contribution in [-0.2, 0) is 22.7 Å². The minimum atomic E-state index is -0.934. The molecule has 0 aliphatic rings. The van der Waals surface area contributed by atoms with Gasteiger partial charge in [0.2, 0.25) is 0 Å². The fourth-order valence-electron chi connectivity index (χ4n) is 4.56. The van der Waals surface area contributed by atoms with E-state index in [9.17, 15) is 0 Å². The van der Waals surface area contributed by atoms with E-state index in [1.807, 2.05) is 24.3 Å². The molecule has 0 N–H and O–H groups in total. The zero-order valence-corrected chi connectivity index (χ0v) is 26.7. The summed E-state index contributed by atoms with van der Waals surface area (Å²) in [6.45, 7) is 22.3. The molecule has 0 aromatic heterocycles. The van der Waals surface area contributed by atoms with Gasteiger partial charge in [0.1, 0.15) is 17.2 Å². The predicted octanol–water partition coefficient (Wildman–Crippen LogP) is 10.2. The van der Waals surface area contributed by atoms with Crippen LogP contribution in [0.4, 0.5) is 0 Å². The summed E-state index contributed by atoms with van der Waals surface area (Å²) in [6, 6.07) is 23.0. The molecule has 0 spiro atoms. The highest BCUT2D eigenvalue weighted by atomic mass is 16.7. The lowest BCUT2D eigenvalue weighted by atomic mass is 9.85. The van der Waals surface area contributed by atoms with Crippen molar-refractivity contribution >= 4 is 7.32 Å². The van der Waals surface area contributed by atoms with Gasteiger partial charge in [0.05, 0.1) is 0 Å². The minimum Gasteiger partial charge on any atom is -0.490 e. The van der Waals surface area contributed by atoms with Crippen LogP contribution in [-0.4, -0.2) is 7.32 Å². The number of hydrogen-bond acceptors (Lipinski definition) is 3. The van der Waals surface area contributed by atoms with Gasteiger partial charge in [-0.3, -0.25) is 0 Å². The molecular weight excluding hydrogens is 491 g/mol. The number of benzene rings is 3. The summed E-state index contributed by atoms with van der Waals surface area (Å²) in [7, 11) is -0.934. The standard InChI is InChI=1S/C36H51BO3/c1-11-12-13-14-15-27-26-30(36(8,9)10)20-25-33(27)40-37(38-31-21-16-28(17-22-31)34(2,3)4)39-32-23-18-29(19-24-32)35(5,6)7/h16-26H,11-15H2,1-10H3. The third-order valence-corrected chi connectivity index (χ3v) is 7.35. The molecule has 0 radical (unpaired) electrons. The number of rotatable bonds is 11. The molecule has 3 nitrogen and oxygen atoms in total. The van der Waals surface area contributed by atoms with Crippen LogP contribution in [0.3, 0.4) is 0 Å². The molecule has 3 rings (SSSR count). The minimum absolute atomic E-state index is 0.0622. The SMILES string of the molecule is CCCCCCc1cc(C(C)(C)C)ccc1OB(Oc1ccc(C(C)(C)C)cc1)Oc1ccc(C(C)(C)C)cc1. The van der Waals surface area contributed by atoms with Crippen LogP contribution < -0.4 is 14.0 Å². The average molecular weight is 543 g/mol. The van der Waals surface area contributed by atoms with E-state index in [1.54, 1.807) is 0 Å². The fraction of sp³-hybridized carbons (Fsp3) is 0.500. The van der Waals surface area contributed by atoms with Gasteiger partial charge < -0.3 is 14.0 Å². The first-order chi connectivity index (χ1) is 18.7. The van der Waals surface area contributed by atoms with Crippen molar-refractivity contribution in [3.63, 3.8) is 0 Å². The highest BCUT2D eigenvalue weighted by Gasteiger charge is 2.32. The van der Waals surface area contributed by atoms with Crippen LogP contribution in [0.5, 0.6) is 17.2 Å². The lowest BCUT2D eigenvalue weighted by molar-refractivity contribution is 0.305. The van der Waals surface area contributed by atoms with Crippen molar-refractivity contribution in [2.24, 2.45) is 0 Å². The first kappa shape index (κ1) is 31.6. The molecule has 0 atom stereocenters. The lowest BCUT2D eigenvalue weighted by Gasteiger charge is -2.24. The van der Waals surface area contributed by atoms with Gasteiger partial charge in [0, 0.05) is 0 Å². The Balaban J connectivity index is 1.91. The van der Waals surface area contributed by atoms with E-state index < -0.39 is 7.32 Å². The van der Waals surface area contributed by atoms with Crippen molar-refractivity contribution in [2.45, 2.75) is 118 Å². The summed E-state index contributed by atoms with van der Waals surface area (Å²) in [6.07, 6.45) is 5.78. The molecule has 0 amide bonds. The molecule has 0 aliphatic heterocycles. The predicted molar refractivity (Wildman–Crippen MR) is 171 cm³/mol. The molecule has 0 bridgehead atoms. The maximum atomic E-state index is 6.53. The van der Waals surface area contributed by atoms with Gasteiger partial charge in [-0.25, -0.2) is 0 Å². The molecule has 216 valence electrons. The van der Waals surface area contributed by atoms with Crippen LogP contribution in [0.25, 0.3) is 0 Å². The molecule has 0 unspecified atom stereocenters. The highest BCUT2D eigenvalue weighted by Crippen LogP contribution is 2.31. The molecule has 0 heterocycles. The Hall–Kier alpha value is -2.88. The molecule has 40 heavy (non-hydrogen) atoms. The summed E-state index contributed by atoms with van der Waals surface area (Å²) in [5, 5.41) is 0. The summed E-state index contributed by atoms with van der Waals surface area (Å²) in [5.74, 6) is 2.23. The fourth-order valence-corrected chi connectivity index (χ4v) is 4.56. The quantitative estimate of drug-likeness (QED) is 0.178. The third-order valence-electron chi connectivity index (χ3n) is 7.35. The molecule has 0 fully saturated rings. The second-order valence-corrected chi connectivity index (χ2v) is 14.1. The molecule has 4 heteroatoms. The van der Waals surface area contributed by atoms with E-state index in [0.717, 1.165) is 18.6 Å². The Labute approximate surface area is 244 Å². The van der Waals surface area contributed by atoms with Crippen molar-refractivity contribution in [2.75, 3.05) is 0 Å². The van der Waals surface area contributed by atoms with Crippen molar-refractivity contribution in [3.05, 3.63) is 89.0 Å². The maximum Gasteiger partial charge on any atom is 0.864 e. The van der Waals surface area contributed by atoms with Crippen molar-refractivity contribution in [1.29, 1.82) is 0 Å². The normalized spacial score (nSPS) is 12.2. The van der Waals surface area contributed by atoms with Gasteiger partial charge in [-0.15, -0.1) is 0 Å². The topological polar surface area (TPSA) is 27.7 Å². The Kier molecular flexibility index (Phi) is 10.4. The second kappa shape index (κ2) is 13.2. The zero-order valence-electron chi connectivity index (χ0n) is 26.7. The summed E-state index contributed by atoms with van der Waals surface area (Å²) < 4.78 is 19.2. The largest absolute Gasteiger partial charge is 0.864 e. The van der Waals surface area contributed by atoms with Crippen LogP contribution in [0.2, 0.25) is 0 Å². The van der Waals surface area contributed by atoms with Crippen molar-refractivity contribution < 1.29 is 14.0 Å². The monoisotopic (exact) mass is 542 g/mol. The summed E-state index contributed by atoms with van der Waals surface area (Å²) >= 11 is 0. The Morgan fingerprint density at radius 2 is 0.975 bits per heavy atom. The van der Waals surface area contributed by atoms with Gasteiger partial charge >= 0.3 is 7.32 Å². The van der Waals surface area contributed by atoms with Gasteiger partial charge in [-0.1, -0.05) is 125 Å². The van der Waals surface area contributed by atoms with Gasteiger partial charge in [-0.05, 0) is 81.7 Å². The van der Waals surface area contributed by atoms with Crippen LogP contribution in [0.15, 0.2) is 66.7 Å². The Morgan fingerprint density at radius 3 is 1.40 bits per heavy atom.